The molecular weight excluding hydrogens is 278 g/mol. The van der Waals surface area contributed by atoms with E-state index in [1.165, 1.54) is 26.2 Å². The molecule has 0 unspecified atom stereocenters. The highest BCUT2D eigenvalue weighted by Crippen LogP contribution is 2.19. The number of rotatable bonds is 4. The standard InChI is InChI=1S/C11H14ClNO4S/c1-7-6-9(12)4-5-10(7)18(15,16)13-8(2)11(14)17-3/h4-6,8,13H,1-3H3/t8-/m0/s1. The monoisotopic (exact) mass is 291 g/mol. The maximum atomic E-state index is 12.0. The van der Waals surface area contributed by atoms with E-state index < -0.39 is 22.0 Å². The molecule has 0 radical (unpaired) electrons. The normalized spacial score (nSPS) is 13.1. The van der Waals surface area contributed by atoms with Crippen molar-refractivity contribution in [3.8, 4) is 0 Å². The van der Waals surface area contributed by atoms with E-state index in [0.717, 1.165) is 0 Å². The third-order valence-electron chi connectivity index (χ3n) is 2.31. The topological polar surface area (TPSA) is 72.5 Å². The molecule has 0 amide bonds. The van der Waals surface area contributed by atoms with Crippen LogP contribution in [0.15, 0.2) is 23.1 Å². The number of benzene rings is 1. The minimum atomic E-state index is -3.77. The highest BCUT2D eigenvalue weighted by Gasteiger charge is 2.23. The van der Waals surface area contributed by atoms with E-state index >= 15 is 0 Å². The molecule has 0 spiro atoms. The number of carbonyl (C=O) groups excluding carboxylic acids is 1. The first kappa shape index (κ1) is 14.9. The number of carbonyl (C=O) groups is 1. The van der Waals surface area contributed by atoms with Gasteiger partial charge in [-0.15, -0.1) is 0 Å². The van der Waals surface area contributed by atoms with E-state index in [4.69, 9.17) is 11.6 Å². The van der Waals surface area contributed by atoms with Crippen molar-refractivity contribution < 1.29 is 17.9 Å². The molecule has 0 bridgehead atoms. The van der Waals surface area contributed by atoms with Gasteiger partial charge in [-0.05, 0) is 37.6 Å². The number of hydrogen-bond acceptors (Lipinski definition) is 4. The van der Waals surface area contributed by atoms with Crippen molar-refractivity contribution in [1.82, 2.24) is 4.72 Å². The van der Waals surface area contributed by atoms with E-state index in [-0.39, 0.29) is 4.90 Å². The van der Waals surface area contributed by atoms with Crippen LogP contribution in [0.4, 0.5) is 0 Å². The maximum absolute atomic E-state index is 12.0. The zero-order chi connectivity index (χ0) is 13.9. The number of esters is 1. The lowest BCUT2D eigenvalue weighted by Gasteiger charge is -2.13. The van der Waals surface area contributed by atoms with Crippen LogP contribution in [-0.4, -0.2) is 27.5 Å². The van der Waals surface area contributed by atoms with Gasteiger partial charge in [0.2, 0.25) is 10.0 Å². The van der Waals surface area contributed by atoms with E-state index in [1.807, 2.05) is 0 Å². The molecule has 0 saturated carbocycles. The smallest absolute Gasteiger partial charge is 0.323 e. The number of sulfonamides is 1. The molecule has 0 aliphatic rings. The lowest BCUT2D eigenvalue weighted by atomic mass is 10.2. The SMILES string of the molecule is COC(=O)[C@H](C)NS(=O)(=O)c1ccc(Cl)cc1C. The molecule has 0 heterocycles. The molecule has 1 aromatic carbocycles. The Morgan fingerprint density at radius 1 is 1.44 bits per heavy atom. The highest BCUT2D eigenvalue weighted by molar-refractivity contribution is 7.89. The minimum absolute atomic E-state index is 0.0858. The van der Waals surface area contributed by atoms with E-state index in [0.29, 0.717) is 10.6 Å². The lowest BCUT2D eigenvalue weighted by molar-refractivity contribution is -0.142. The van der Waals surface area contributed by atoms with Crippen LogP contribution in [-0.2, 0) is 19.6 Å². The van der Waals surface area contributed by atoms with Crippen molar-refractivity contribution in [2.75, 3.05) is 7.11 Å². The Bertz CT molecular complexity index is 556. The van der Waals surface area contributed by atoms with Crippen LogP contribution >= 0.6 is 11.6 Å². The Hall–Kier alpha value is -1.11. The van der Waals surface area contributed by atoms with Crippen molar-refractivity contribution in [2.45, 2.75) is 24.8 Å². The van der Waals surface area contributed by atoms with Gasteiger partial charge in [0.1, 0.15) is 6.04 Å². The summed E-state index contributed by atoms with van der Waals surface area (Å²) in [5.41, 5.74) is 0.507. The second-order valence-electron chi connectivity index (χ2n) is 3.78. The average molecular weight is 292 g/mol. The molecule has 0 fully saturated rings. The largest absolute Gasteiger partial charge is 0.468 e. The van der Waals surface area contributed by atoms with Gasteiger partial charge in [-0.2, -0.15) is 4.72 Å². The van der Waals surface area contributed by atoms with Gasteiger partial charge in [-0.3, -0.25) is 4.79 Å². The van der Waals surface area contributed by atoms with Crippen molar-refractivity contribution in [2.24, 2.45) is 0 Å². The molecule has 7 heteroatoms. The van der Waals surface area contributed by atoms with Crippen molar-refractivity contribution in [3.63, 3.8) is 0 Å². The molecule has 5 nitrogen and oxygen atoms in total. The highest BCUT2D eigenvalue weighted by atomic mass is 35.5. The molecule has 1 rings (SSSR count). The van der Waals surface area contributed by atoms with Gasteiger partial charge in [0.25, 0.3) is 0 Å². The van der Waals surface area contributed by atoms with Crippen LogP contribution in [0.25, 0.3) is 0 Å². The molecule has 18 heavy (non-hydrogen) atoms. The zero-order valence-corrected chi connectivity index (χ0v) is 11.8. The fourth-order valence-electron chi connectivity index (χ4n) is 1.44. The van der Waals surface area contributed by atoms with Gasteiger partial charge in [0, 0.05) is 5.02 Å². The van der Waals surface area contributed by atoms with Crippen molar-refractivity contribution in [1.29, 1.82) is 0 Å². The predicted octanol–water partition coefficient (Wildman–Crippen LogP) is 1.49. The summed E-state index contributed by atoms with van der Waals surface area (Å²) in [6.07, 6.45) is 0. The van der Waals surface area contributed by atoms with Crippen LogP contribution in [0, 0.1) is 6.92 Å². The lowest BCUT2D eigenvalue weighted by Crippen LogP contribution is -2.39. The molecule has 0 aromatic heterocycles. The third kappa shape index (κ3) is 3.44. The number of hydrogen-bond donors (Lipinski definition) is 1. The van der Waals surface area contributed by atoms with Crippen LogP contribution in [0.5, 0.6) is 0 Å². The summed E-state index contributed by atoms with van der Waals surface area (Å²) >= 11 is 5.76. The molecule has 1 atom stereocenters. The van der Waals surface area contributed by atoms with Gasteiger partial charge in [-0.25, -0.2) is 8.42 Å². The summed E-state index contributed by atoms with van der Waals surface area (Å²) < 4.78 is 30.8. The first-order valence-electron chi connectivity index (χ1n) is 5.14. The summed E-state index contributed by atoms with van der Waals surface area (Å²) in [6, 6.07) is 3.46. The Morgan fingerprint density at radius 3 is 2.56 bits per heavy atom. The first-order valence-corrected chi connectivity index (χ1v) is 7.00. The van der Waals surface area contributed by atoms with Crippen LogP contribution < -0.4 is 4.72 Å². The van der Waals surface area contributed by atoms with Crippen LogP contribution in [0.1, 0.15) is 12.5 Å². The van der Waals surface area contributed by atoms with Gasteiger partial charge in [0.05, 0.1) is 12.0 Å². The summed E-state index contributed by atoms with van der Waals surface area (Å²) in [5.74, 6) is -0.648. The molecule has 0 saturated heterocycles. The van der Waals surface area contributed by atoms with Crippen LogP contribution in [0.3, 0.4) is 0 Å². The molecule has 100 valence electrons. The quantitative estimate of drug-likeness (QED) is 0.853. The van der Waals surface area contributed by atoms with E-state index in [1.54, 1.807) is 13.0 Å². The molecule has 1 aromatic rings. The van der Waals surface area contributed by atoms with Crippen LogP contribution in [0.2, 0.25) is 5.02 Å². The summed E-state index contributed by atoms with van der Waals surface area (Å²) in [6.45, 7) is 3.04. The second kappa shape index (κ2) is 5.69. The summed E-state index contributed by atoms with van der Waals surface area (Å²) in [5, 5.41) is 0.451. The molecule has 0 aliphatic carbocycles. The third-order valence-corrected chi connectivity index (χ3v) is 4.25. The van der Waals surface area contributed by atoms with Gasteiger partial charge in [0.15, 0.2) is 0 Å². The maximum Gasteiger partial charge on any atom is 0.323 e. The summed E-state index contributed by atoms with van der Waals surface area (Å²) in [7, 11) is -2.58. The average Bonchev–Trinajstić information content (AvgIpc) is 2.26. The van der Waals surface area contributed by atoms with Crippen molar-refractivity contribution >= 4 is 27.6 Å². The Morgan fingerprint density at radius 2 is 2.06 bits per heavy atom. The van der Waals surface area contributed by atoms with Gasteiger partial charge >= 0.3 is 5.97 Å². The Labute approximate surface area is 111 Å². The van der Waals surface area contributed by atoms with Gasteiger partial charge < -0.3 is 4.74 Å². The number of halogens is 1. The zero-order valence-electron chi connectivity index (χ0n) is 10.2. The van der Waals surface area contributed by atoms with Gasteiger partial charge in [-0.1, -0.05) is 11.6 Å². The van der Waals surface area contributed by atoms with E-state index in [9.17, 15) is 13.2 Å². The first-order chi connectivity index (χ1) is 8.27. The fourth-order valence-corrected chi connectivity index (χ4v) is 3.08. The Balaban J connectivity index is 3.04. The van der Waals surface area contributed by atoms with E-state index in [2.05, 4.69) is 9.46 Å². The number of nitrogens with one attached hydrogen (secondary N) is 1. The Kier molecular flexibility index (Phi) is 4.72. The number of aryl methyl sites for hydroxylation is 1. The predicted molar refractivity (Wildman–Crippen MR) is 68.0 cm³/mol. The molecule has 0 aliphatic heterocycles. The number of ether oxygens (including phenoxy) is 1. The minimum Gasteiger partial charge on any atom is -0.468 e. The second-order valence-corrected chi connectivity index (χ2v) is 5.89. The summed E-state index contributed by atoms with van der Waals surface area (Å²) in [4.78, 5) is 11.3. The number of methoxy groups -OCH3 is 1. The molecular formula is C11H14ClNO4S. The molecule has 1 N–H and O–H groups in total. The van der Waals surface area contributed by atoms with Crippen molar-refractivity contribution in [3.05, 3.63) is 28.8 Å². The fraction of sp³-hybridized carbons (Fsp3) is 0.364.